The molecule has 6 heteroatoms. The van der Waals surface area contributed by atoms with Crippen LogP contribution in [-0.4, -0.2) is 19.2 Å². The number of benzene rings is 1. The molecule has 0 aliphatic heterocycles. The van der Waals surface area contributed by atoms with E-state index in [0.29, 0.717) is 0 Å². The first-order chi connectivity index (χ1) is 7.06. The molecular formula is C9H8F3NO2. The highest BCUT2D eigenvalue weighted by Gasteiger charge is 2.16. The summed E-state index contributed by atoms with van der Waals surface area (Å²) in [7, 11) is 0. The number of carbonyl (C=O) groups is 1. The number of ether oxygens (including phenoxy) is 1. The predicted molar refractivity (Wildman–Crippen MR) is 46.3 cm³/mol. The van der Waals surface area contributed by atoms with E-state index in [4.69, 9.17) is 5.73 Å². The Morgan fingerprint density at radius 1 is 1.33 bits per heavy atom. The van der Waals surface area contributed by atoms with E-state index in [1.54, 1.807) is 0 Å². The molecule has 1 aromatic rings. The third-order valence-corrected chi connectivity index (χ3v) is 1.61. The molecule has 0 bridgehead atoms. The van der Waals surface area contributed by atoms with Gasteiger partial charge < -0.3 is 10.5 Å². The summed E-state index contributed by atoms with van der Waals surface area (Å²) in [5.41, 5.74) is 3.91. The summed E-state index contributed by atoms with van der Waals surface area (Å²) in [5, 5.41) is 0. The van der Waals surface area contributed by atoms with Crippen LogP contribution in [0.5, 0.6) is 5.75 Å². The quantitative estimate of drug-likeness (QED) is 0.832. The summed E-state index contributed by atoms with van der Waals surface area (Å²) in [6.45, 7) is -1.09. The predicted octanol–water partition coefficient (Wildman–Crippen LogP) is 1.41. The molecule has 0 aromatic heterocycles. The van der Waals surface area contributed by atoms with Gasteiger partial charge in [-0.15, -0.1) is 0 Å². The third kappa shape index (κ3) is 2.61. The lowest BCUT2D eigenvalue weighted by Gasteiger charge is -2.06. The molecule has 0 spiro atoms. The van der Waals surface area contributed by atoms with Crippen molar-refractivity contribution in [1.29, 1.82) is 0 Å². The Morgan fingerprint density at radius 2 is 1.87 bits per heavy atom. The Hall–Kier alpha value is -1.72. The number of rotatable bonds is 4. The van der Waals surface area contributed by atoms with Crippen molar-refractivity contribution < 1.29 is 22.7 Å². The summed E-state index contributed by atoms with van der Waals surface area (Å²) >= 11 is 0. The molecular weight excluding hydrogens is 211 g/mol. The number of carbonyl (C=O) groups excluding carboxylic acids is 1. The maximum Gasteiger partial charge on any atom is 0.254 e. The highest BCUT2D eigenvalue weighted by molar-refractivity contribution is 5.93. The smallest absolute Gasteiger partial charge is 0.254 e. The van der Waals surface area contributed by atoms with Crippen LogP contribution >= 0.6 is 0 Å². The fraction of sp³-hybridized carbons (Fsp3) is 0.222. The van der Waals surface area contributed by atoms with Crippen LogP contribution in [0.3, 0.4) is 0 Å². The molecule has 0 fully saturated rings. The first-order valence-corrected chi connectivity index (χ1v) is 4.04. The highest BCUT2D eigenvalue weighted by Crippen LogP contribution is 2.20. The standard InChI is InChI=1S/C9H8F3NO2/c10-1-2-15-5-3-6(11)8(9(13)14)7(12)4-5/h3-4H,1-2H2,(H2,13,14). The lowest BCUT2D eigenvalue weighted by atomic mass is 10.2. The van der Waals surface area contributed by atoms with E-state index in [9.17, 15) is 18.0 Å². The molecule has 1 rings (SSSR count). The van der Waals surface area contributed by atoms with E-state index in [0.717, 1.165) is 12.1 Å². The van der Waals surface area contributed by atoms with Crippen LogP contribution in [0.1, 0.15) is 10.4 Å². The fourth-order valence-electron chi connectivity index (χ4n) is 1.03. The second-order valence-electron chi connectivity index (χ2n) is 2.66. The van der Waals surface area contributed by atoms with Crippen LogP contribution in [0.4, 0.5) is 13.2 Å². The third-order valence-electron chi connectivity index (χ3n) is 1.61. The van der Waals surface area contributed by atoms with Gasteiger partial charge >= 0.3 is 0 Å². The van der Waals surface area contributed by atoms with E-state index in [2.05, 4.69) is 4.74 Å². The van der Waals surface area contributed by atoms with Gasteiger partial charge in [-0.05, 0) is 0 Å². The first-order valence-electron chi connectivity index (χ1n) is 4.04. The number of nitrogens with two attached hydrogens (primary N) is 1. The van der Waals surface area contributed by atoms with Crippen LogP contribution in [0, 0.1) is 11.6 Å². The van der Waals surface area contributed by atoms with Gasteiger partial charge in [0, 0.05) is 12.1 Å². The van der Waals surface area contributed by atoms with E-state index < -0.39 is 29.8 Å². The van der Waals surface area contributed by atoms with Crippen molar-refractivity contribution in [2.24, 2.45) is 5.73 Å². The Labute approximate surface area is 83.6 Å². The van der Waals surface area contributed by atoms with Crippen LogP contribution in [0.2, 0.25) is 0 Å². The van der Waals surface area contributed by atoms with E-state index in [1.165, 1.54) is 0 Å². The van der Waals surface area contributed by atoms with Gasteiger partial charge in [-0.3, -0.25) is 4.79 Å². The van der Waals surface area contributed by atoms with Crippen molar-refractivity contribution >= 4 is 5.91 Å². The molecule has 0 saturated carbocycles. The zero-order chi connectivity index (χ0) is 11.4. The number of primary amides is 1. The number of alkyl halides is 1. The number of halogens is 3. The van der Waals surface area contributed by atoms with Crippen LogP contribution in [0.25, 0.3) is 0 Å². The average Bonchev–Trinajstić information content (AvgIpc) is 2.12. The minimum absolute atomic E-state index is 0.187. The van der Waals surface area contributed by atoms with Gasteiger partial charge in [0.05, 0.1) is 0 Å². The summed E-state index contributed by atoms with van der Waals surface area (Å²) in [6, 6.07) is 1.55. The van der Waals surface area contributed by atoms with Crippen molar-refractivity contribution in [1.82, 2.24) is 0 Å². The van der Waals surface area contributed by atoms with Crippen molar-refractivity contribution in [3.05, 3.63) is 29.3 Å². The molecule has 15 heavy (non-hydrogen) atoms. The highest BCUT2D eigenvalue weighted by atomic mass is 19.1. The molecule has 0 saturated heterocycles. The molecule has 0 aliphatic carbocycles. The van der Waals surface area contributed by atoms with Gasteiger partial charge in [0.15, 0.2) is 0 Å². The zero-order valence-electron chi connectivity index (χ0n) is 7.60. The summed E-state index contributed by atoms with van der Waals surface area (Å²) in [4.78, 5) is 10.6. The monoisotopic (exact) mass is 219 g/mol. The van der Waals surface area contributed by atoms with Crippen molar-refractivity contribution in [3.8, 4) is 5.75 Å². The van der Waals surface area contributed by atoms with Crippen molar-refractivity contribution in [2.75, 3.05) is 13.3 Å². The Balaban J connectivity index is 3.03. The Morgan fingerprint density at radius 3 is 2.27 bits per heavy atom. The molecule has 82 valence electrons. The number of hydrogen-bond donors (Lipinski definition) is 1. The topological polar surface area (TPSA) is 52.3 Å². The molecule has 3 nitrogen and oxygen atoms in total. The van der Waals surface area contributed by atoms with Gasteiger partial charge in [0.1, 0.15) is 36.2 Å². The maximum absolute atomic E-state index is 13.1. The molecule has 0 atom stereocenters. The SMILES string of the molecule is NC(=O)c1c(F)cc(OCCF)cc1F. The molecule has 1 aromatic carbocycles. The molecule has 0 radical (unpaired) electrons. The van der Waals surface area contributed by atoms with E-state index in [-0.39, 0.29) is 12.4 Å². The molecule has 0 aliphatic rings. The van der Waals surface area contributed by atoms with Gasteiger partial charge in [-0.1, -0.05) is 0 Å². The molecule has 0 heterocycles. The minimum Gasteiger partial charge on any atom is -0.491 e. The Kier molecular flexibility index (Phi) is 3.54. The molecule has 0 unspecified atom stereocenters. The van der Waals surface area contributed by atoms with Crippen LogP contribution in [-0.2, 0) is 0 Å². The van der Waals surface area contributed by atoms with Gasteiger partial charge in [0.2, 0.25) is 0 Å². The maximum atomic E-state index is 13.1. The zero-order valence-corrected chi connectivity index (χ0v) is 7.60. The average molecular weight is 219 g/mol. The van der Waals surface area contributed by atoms with Crippen molar-refractivity contribution in [3.63, 3.8) is 0 Å². The molecule has 1 amide bonds. The summed E-state index contributed by atoms with van der Waals surface area (Å²) in [5.74, 6) is -3.65. The first kappa shape index (κ1) is 11.4. The van der Waals surface area contributed by atoms with E-state index >= 15 is 0 Å². The minimum atomic E-state index is -1.21. The van der Waals surface area contributed by atoms with Crippen LogP contribution in [0.15, 0.2) is 12.1 Å². The lowest BCUT2D eigenvalue weighted by Crippen LogP contribution is -2.15. The van der Waals surface area contributed by atoms with Gasteiger partial charge in [-0.2, -0.15) is 0 Å². The summed E-state index contributed by atoms with van der Waals surface area (Å²) in [6.07, 6.45) is 0. The van der Waals surface area contributed by atoms with Gasteiger partial charge in [-0.25, -0.2) is 13.2 Å². The second-order valence-corrected chi connectivity index (χ2v) is 2.66. The lowest BCUT2D eigenvalue weighted by molar-refractivity contribution is 0.0992. The normalized spacial score (nSPS) is 10.1. The Bertz CT molecular complexity index is 359. The van der Waals surface area contributed by atoms with Gasteiger partial charge in [0.25, 0.3) is 5.91 Å². The second kappa shape index (κ2) is 4.68. The fourth-order valence-corrected chi connectivity index (χ4v) is 1.03. The van der Waals surface area contributed by atoms with E-state index in [1.807, 2.05) is 0 Å². The number of hydrogen-bond acceptors (Lipinski definition) is 2. The van der Waals surface area contributed by atoms with Crippen LogP contribution < -0.4 is 10.5 Å². The molecule has 2 N–H and O–H groups in total. The number of amides is 1. The van der Waals surface area contributed by atoms with Crippen molar-refractivity contribution in [2.45, 2.75) is 0 Å². The largest absolute Gasteiger partial charge is 0.491 e. The summed E-state index contributed by atoms with van der Waals surface area (Å²) < 4.78 is 42.5.